The number of hydrogen-bond acceptors (Lipinski definition) is 4. The summed E-state index contributed by atoms with van der Waals surface area (Å²) >= 11 is 0. The zero-order chi connectivity index (χ0) is 19.2. The summed E-state index contributed by atoms with van der Waals surface area (Å²) in [6, 6.07) is 2.16. The summed E-state index contributed by atoms with van der Waals surface area (Å²) in [5, 5.41) is 16.9. The Morgan fingerprint density at radius 3 is 2.92 bits per heavy atom. The summed E-state index contributed by atoms with van der Waals surface area (Å²) in [6.07, 6.45) is 7.96. The number of nitrogens with zero attached hydrogens (tertiary/aromatic N) is 3. The molecule has 5 nitrogen and oxygen atoms in total. The highest BCUT2D eigenvalue weighted by atomic mass is 28.3. The Balaban J connectivity index is 2.02. The Kier molecular flexibility index (Phi) is 6.60. The second-order valence-electron chi connectivity index (χ2n) is 7.52. The minimum atomic E-state index is -1.33. The van der Waals surface area contributed by atoms with Crippen molar-refractivity contribution in [3.05, 3.63) is 36.2 Å². The molecule has 0 fully saturated rings. The molecule has 1 aliphatic carbocycles. The first kappa shape index (κ1) is 19.7. The molecule has 1 N–H and O–H groups in total. The molecule has 1 aliphatic rings. The molecule has 136 valence electrons. The van der Waals surface area contributed by atoms with Gasteiger partial charge in [0, 0.05) is 30.7 Å². The van der Waals surface area contributed by atoms with Gasteiger partial charge in [-0.15, -0.1) is 18.0 Å². The molecule has 0 radical (unpaired) electrons. The van der Waals surface area contributed by atoms with E-state index in [-0.39, 0.29) is 11.7 Å². The molecule has 2 rings (SSSR count). The van der Waals surface area contributed by atoms with Crippen LogP contribution >= 0.6 is 0 Å². The summed E-state index contributed by atoms with van der Waals surface area (Å²) in [6.45, 7) is 11.1. The van der Waals surface area contributed by atoms with E-state index < -0.39 is 8.07 Å². The van der Waals surface area contributed by atoms with Gasteiger partial charge in [-0.3, -0.25) is 4.79 Å². The van der Waals surface area contributed by atoms with Crippen LogP contribution in [0.3, 0.4) is 0 Å². The van der Waals surface area contributed by atoms with E-state index in [1.165, 1.54) is 0 Å². The van der Waals surface area contributed by atoms with Gasteiger partial charge in [-0.2, -0.15) is 10.4 Å². The first-order valence-corrected chi connectivity index (χ1v) is 12.4. The van der Waals surface area contributed by atoms with Crippen molar-refractivity contribution in [2.45, 2.75) is 51.9 Å². The number of rotatable bonds is 7. The molecule has 1 aromatic heterocycles. The summed E-state index contributed by atoms with van der Waals surface area (Å²) in [5.74, 6) is 3.97. The van der Waals surface area contributed by atoms with E-state index in [1.807, 2.05) is 0 Å². The number of anilines is 1. The number of carbonyl (C=O) groups excluding carboxylic acids is 1. The van der Waals surface area contributed by atoms with Gasteiger partial charge in [0.1, 0.15) is 25.5 Å². The molecular weight excluding hydrogens is 340 g/mol. The largest absolute Gasteiger partial charge is 0.343 e. The van der Waals surface area contributed by atoms with Crippen LogP contribution < -0.4 is 5.32 Å². The summed E-state index contributed by atoms with van der Waals surface area (Å²) in [4.78, 5) is 12.0. The average molecular weight is 367 g/mol. The van der Waals surface area contributed by atoms with Gasteiger partial charge in [0.2, 0.25) is 0 Å². The molecule has 0 aromatic carbocycles. The first-order valence-electron chi connectivity index (χ1n) is 8.92. The fourth-order valence-electron chi connectivity index (χ4n) is 2.77. The molecule has 0 saturated carbocycles. The highest BCUT2D eigenvalue weighted by Crippen LogP contribution is 2.27. The number of hydrogen-bond donors (Lipinski definition) is 1. The summed E-state index contributed by atoms with van der Waals surface area (Å²) < 4.78 is 1.79. The molecule has 0 saturated heterocycles. The molecule has 0 spiro atoms. The van der Waals surface area contributed by atoms with Crippen LogP contribution in [0, 0.1) is 28.7 Å². The zero-order valence-corrected chi connectivity index (χ0v) is 16.8. The van der Waals surface area contributed by atoms with Crippen molar-refractivity contribution in [1.29, 1.82) is 5.26 Å². The lowest BCUT2D eigenvalue weighted by atomic mass is 10.0. The van der Waals surface area contributed by atoms with Crippen LogP contribution in [0.1, 0.15) is 31.2 Å². The van der Waals surface area contributed by atoms with Crippen LogP contribution in [-0.2, 0) is 11.3 Å². The minimum absolute atomic E-state index is 0.0475. The number of nitrogens with one attached hydrogen (secondary N) is 1. The Morgan fingerprint density at radius 2 is 2.27 bits per heavy atom. The maximum Gasteiger partial charge on any atom is 0.161 e. The van der Waals surface area contributed by atoms with Crippen LogP contribution in [0.25, 0.3) is 0 Å². The van der Waals surface area contributed by atoms with Crippen molar-refractivity contribution in [3.8, 4) is 17.5 Å². The van der Waals surface area contributed by atoms with Gasteiger partial charge in [-0.05, 0) is 19.3 Å². The number of aromatic nitrogens is 2. The fraction of sp³-hybridized carbons (Fsp3) is 0.450. The maximum atomic E-state index is 12.0. The number of allylic oxidation sites excluding steroid dienone is 3. The van der Waals surface area contributed by atoms with Crippen LogP contribution in [0.2, 0.25) is 19.6 Å². The average Bonchev–Trinajstić information content (AvgIpc) is 3.10. The molecule has 0 aliphatic heterocycles. The molecule has 26 heavy (non-hydrogen) atoms. The molecule has 6 heteroatoms. The number of aryl methyl sites for hydroxylation is 1. The SMILES string of the molecule is C=CCC1CC(Nc2c(C#N)cnn2CCCC#C[Si](C)(C)C)=CC1=O. The van der Waals surface area contributed by atoms with E-state index in [4.69, 9.17) is 0 Å². The molecule has 1 atom stereocenters. The lowest BCUT2D eigenvalue weighted by Gasteiger charge is -2.12. The van der Waals surface area contributed by atoms with Crippen molar-refractivity contribution < 1.29 is 4.79 Å². The topological polar surface area (TPSA) is 70.7 Å². The van der Waals surface area contributed by atoms with E-state index in [9.17, 15) is 10.1 Å². The third-order valence-electron chi connectivity index (χ3n) is 4.01. The minimum Gasteiger partial charge on any atom is -0.343 e. The van der Waals surface area contributed by atoms with Gasteiger partial charge in [0.05, 0.1) is 6.20 Å². The van der Waals surface area contributed by atoms with Crippen LogP contribution in [0.15, 0.2) is 30.6 Å². The first-order chi connectivity index (χ1) is 12.3. The second kappa shape index (κ2) is 8.69. The number of ketones is 1. The van der Waals surface area contributed by atoms with Gasteiger partial charge < -0.3 is 5.32 Å². The normalized spacial score (nSPS) is 16.5. The van der Waals surface area contributed by atoms with E-state index in [2.05, 4.69) is 54.2 Å². The van der Waals surface area contributed by atoms with Crippen molar-refractivity contribution >= 4 is 19.7 Å². The lowest BCUT2D eigenvalue weighted by molar-refractivity contribution is -0.117. The second-order valence-corrected chi connectivity index (χ2v) is 12.3. The highest BCUT2D eigenvalue weighted by Gasteiger charge is 2.25. The quantitative estimate of drug-likeness (QED) is 0.344. The third kappa shape index (κ3) is 5.47. The molecule has 0 bridgehead atoms. The van der Waals surface area contributed by atoms with Crippen molar-refractivity contribution in [1.82, 2.24) is 9.78 Å². The molecule has 1 unspecified atom stereocenters. The molecular formula is C20H26N4OSi. The van der Waals surface area contributed by atoms with Crippen molar-refractivity contribution in [2.75, 3.05) is 5.32 Å². The molecule has 1 heterocycles. The van der Waals surface area contributed by atoms with E-state index in [0.29, 0.717) is 30.8 Å². The van der Waals surface area contributed by atoms with Crippen LogP contribution in [0.4, 0.5) is 5.82 Å². The lowest BCUT2D eigenvalue weighted by Crippen LogP contribution is -2.16. The highest BCUT2D eigenvalue weighted by molar-refractivity contribution is 6.83. The Morgan fingerprint density at radius 1 is 1.50 bits per heavy atom. The standard InChI is InChI=1S/C20H26N4OSi/c1-5-9-16-12-18(13-19(16)25)23-20-17(14-21)15-22-24(20)10-7-6-8-11-26(2,3)4/h5,13,15-16,23H,1,6-7,9-10,12H2,2-4H3. The van der Waals surface area contributed by atoms with Gasteiger partial charge in [-0.1, -0.05) is 25.7 Å². The summed E-state index contributed by atoms with van der Waals surface area (Å²) in [7, 11) is -1.33. The van der Waals surface area contributed by atoms with Crippen LogP contribution in [-0.4, -0.2) is 23.6 Å². The van der Waals surface area contributed by atoms with E-state index >= 15 is 0 Å². The number of nitriles is 1. The number of unbranched alkanes of at least 4 members (excludes halogenated alkanes) is 1. The van der Waals surface area contributed by atoms with Gasteiger partial charge in [0.15, 0.2) is 5.78 Å². The van der Waals surface area contributed by atoms with E-state index in [0.717, 1.165) is 18.5 Å². The fourth-order valence-corrected chi connectivity index (χ4v) is 3.42. The Hall–Kier alpha value is -2.57. The Bertz CT molecular complexity index is 812. The van der Waals surface area contributed by atoms with Gasteiger partial charge >= 0.3 is 0 Å². The van der Waals surface area contributed by atoms with Gasteiger partial charge in [0.25, 0.3) is 0 Å². The predicted octanol–water partition coefficient (Wildman–Crippen LogP) is 3.88. The molecule has 0 amide bonds. The van der Waals surface area contributed by atoms with Crippen molar-refractivity contribution in [3.63, 3.8) is 0 Å². The predicted molar refractivity (Wildman–Crippen MR) is 107 cm³/mol. The van der Waals surface area contributed by atoms with Crippen LogP contribution in [0.5, 0.6) is 0 Å². The van der Waals surface area contributed by atoms with Crippen molar-refractivity contribution in [2.24, 2.45) is 5.92 Å². The number of carbonyl (C=O) groups is 1. The van der Waals surface area contributed by atoms with E-state index in [1.54, 1.807) is 23.0 Å². The summed E-state index contributed by atoms with van der Waals surface area (Å²) in [5.41, 5.74) is 4.67. The Labute approximate surface area is 156 Å². The maximum absolute atomic E-state index is 12.0. The van der Waals surface area contributed by atoms with Gasteiger partial charge in [-0.25, -0.2) is 4.68 Å². The zero-order valence-electron chi connectivity index (χ0n) is 15.8. The third-order valence-corrected chi connectivity index (χ3v) is 4.94. The molecule has 1 aromatic rings. The monoisotopic (exact) mass is 366 g/mol. The smallest absolute Gasteiger partial charge is 0.161 e.